The van der Waals surface area contributed by atoms with Crippen LogP contribution in [0.5, 0.6) is 0 Å². The van der Waals surface area contributed by atoms with Crippen LogP contribution in [0.25, 0.3) is 32.6 Å². The molecule has 36 heavy (non-hydrogen) atoms. The molecular weight excluding hydrogens is 475 g/mol. The van der Waals surface area contributed by atoms with E-state index in [0.29, 0.717) is 27.4 Å². The maximum Gasteiger partial charge on any atom is 0.336 e. The molecule has 0 saturated carbocycles. The summed E-state index contributed by atoms with van der Waals surface area (Å²) in [5.74, 6) is 0.0731. The first kappa shape index (κ1) is 22.2. The van der Waals surface area contributed by atoms with E-state index < -0.39 is 5.63 Å². The van der Waals surface area contributed by atoms with Gasteiger partial charge in [0.25, 0.3) is 5.56 Å². The van der Waals surface area contributed by atoms with Gasteiger partial charge in [0.1, 0.15) is 11.4 Å². The number of hydrogen-bond acceptors (Lipinski definition) is 5. The largest absolute Gasteiger partial charge is 0.423 e. The summed E-state index contributed by atoms with van der Waals surface area (Å²) in [4.78, 5) is 30.6. The molecule has 0 unspecified atom stereocenters. The Kier molecular flexibility index (Phi) is 5.62. The molecule has 6 rings (SSSR count). The lowest BCUT2D eigenvalue weighted by molar-refractivity contribution is 0.560. The second kappa shape index (κ2) is 9.09. The lowest BCUT2D eigenvalue weighted by Crippen LogP contribution is -2.24. The Balaban J connectivity index is 1.47. The first-order chi connectivity index (χ1) is 17.6. The average Bonchev–Trinajstić information content (AvgIpc) is 2.90. The fraction of sp³-hybridized carbons (Fsp3) is 0.0690. The molecule has 6 aromatic rings. The topological polar surface area (TPSA) is 65.1 Å². The highest BCUT2D eigenvalue weighted by Gasteiger charge is 2.15. The second-order valence-corrected chi connectivity index (χ2v) is 9.41. The minimum Gasteiger partial charge on any atom is -0.423 e. The summed E-state index contributed by atoms with van der Waals surface area (Å²) in [5, 5.41) is 3.94. The van der Waals surface area contributed by atoms with Crippen LogP contribution >= 0.6 is 11.8 Å². The predicted molar refractivity (Wildman–Crippen MR) is 141 cm³/mol. The fourth-order valence-corrected chi connectivity index (χ4v) is 5.42. The summed E-state index contributed by atoms with van der Waals surface area (Å²) in [6, 6.07) is 26.5. The molecule has 0 atom stereocenters. The molecule has 7 heteroatoms. The molecule has 176 valence electrons. The Hall–Kier alpha value is -4.23. The van der Waals surface area contributed by atoms with Crippen molar-refractivity contribution in [3.05, 3.63) is 129 Å². The number of benzene rings is 4. The Morgan fingerprint density at radius 3 is 2.44 bits per heavy atom. The molecule has 0 aliphatic rings. The van der Waals surface area contributed by atoms with Gasteiger partial charge in [0.2, 0.25) is 0 Å². The molecule has 0 saturated heterocycles. The van der Waals surface area contributed by atoms with E-state index in [4.69, 9.17) is 9.40 Å². The van der Waals surface area contributed by atoms with Crippen LogP contribution in [-0.4, -0.2) is 9.55 Å². The zero-order valence-corrected chi connectivity index (χ0v) is 19.8. The summed E-state index contributed by atoms with van der Waals surface area (Å²) in [6.07, 6.45) is 0. The van der Waals surface area contributed by atoms with Crippen molar-refractivity contribution in [3.63, 3.8) is 0 Å². The molecular formula is C29H19FN2O3S. The van der Waals surface area contributed by atoms with Gasteiger partial charge >= 0.3 is 5.63 Å². The van der Waals surface area contributed by atoms with Crippen LogP contribution in [0.3, 0.4) is 0 Å². The van der Waals surface area contributed by atoms with E-state index in [2.05, 4.69) is 0 Å². The first-order valence-corrected chi connectivity index (χ1v) is 12.4. The maximum atomic E-state index is 13.5. The third-order valence-corrected chi connectivity index (χ3v) is 7.18. The quantitative estimate of drug-likeness (QED) is 0.125. The van der Waals surface area contributed by atoms with Gasteiger partial charge in [-0.2, -0.15) is 0 Å². The molecule has 0 radical (unpaired) electrons. The fourth-order valence-electron chi connectivity index (χ4n) is 4.45. The Bertz CT molecular complexity index is 1880. The number of halogens is 1. The summed E-state index contributed by atoms with van der Waals surface area (Å²) in [5.41, 5.74) is 2.11. The van der Waals surface area contributed by atoms with Crippen molar-refractivity contribution in [3.8, 4) is 0 Å². The van der Waals surface area contributed by atoms with E-state index in [1.807, 2.05) is 48.5 Å². The average molecular weight is 495 g/mol. The van der Waals surface area contributed by atoms with Crippen molar-refractivity contribution in [1.29, 1.82) is 0 Å². The SMILES string of the molecule is O=c1cc(CSc2nc3ccccc3c(=O)n2Cc2ccc(F)cc2)c2c(ccc3ccccc32)o1. The van der Waals surface area contributed by atoms with E-state index in [1.54, 1.807) is 28.8 Å². The van der Waals surface area contributed by atoms with E-state index in [9.17, 15) is 14.0 Å². The third-order valence-electron chi connectivity index (χ3n) is 6.15. The van der Waals surface area contributed by atoms with Gasteiger partial charge in [-0.05, 0) is 52.2 Å². The summed E-state index contributed by atoms with van der Waals surface area (Å²) in [6.45, 7) is 0.250. The molecule has 5 nitrogen and oxygen atoms in total. The van der Waals surface area contributed by atoms with Gasteiger partial charge in [-0.15, -0.1) is 0 Å². The van der Waals surface area contributed by atoms with Gasteiger partial charge in [0, 0.05) is 17.2 Å². The van der Waals surface area contributed by atoms with Gasteiger partial charge in [-0.1, -0.05) is 66.4 Å². The van der Waals surface area contributed by atoms with E-state index in [-0.39, 0.29) is 17.9 Å². The highest BCUT2D eigenvalue weighted by molar-refractivity contribution is 7.98. The second-order valence-electron chi connectivity index (χ2n) is 8.47. The van der Waals surface area contributed by atoms with Crippen molar-refractivity contribution in [2.75, 3.05) is 0 Å². The first-order valence-electron chi connectivity index (χ1n) is 11.4. The van der Waals surface area contributed by atoms with Gasteiger partial charge in [-0.3, -0.25) is 9.36 Å². The summed E-state index contributed by atoms with van der Waals surface area (Å²) < 4.78 is 20.5. The Morgan fingerprint density at radius 2 is 1.61 bits per heavy atom. The molecule has 4 aromatic carbocycles. The zero-order valence-electron chi connectivity index (χ0n) is 19.0. The number of rotatable bonds is 5. The lowest BCUT2D eigenvalue weighted by Gasteiger charge is -2.14. The van der Waals surface area contributed by atoms with Crippen LogP contribution in [0.1, 0.15) is 11.1 Å². The molecule has 2 heterocycles. The molecule has 2 aromatic heterocycles. The monoisotopic (exact) mass is 494 g/mol. The molecule has 0 spiro atoms. The van der Waals surface area contributed by atoms with Crippen molar-refractivity contribution < 1.29 is 8.81 Å². The smallest absolute Gasteiger partial charge is 0.336 e. The number of fused-ring (bicyclic) bond motifs is 4. The summed E-state index contributed by atoms with van der Waals surface area (Å²) in [7, 11) is 0. The van der Waals surface area contributed by atoms with Crippen LogP contribution in [0, 0.1) is 5.82 Å². The normalized spacial score (nSPS) is 11.5. The van der Waals surface area contributed by atoms with Crippen LogP contribution in [0.4, 0.5) is 4.39 Å². The van der Waals surface area contributed by atoms with Gasteiger partial charge in [0.05, 0.1) is 17.4 Å². The van der Waals surface area contributed by atoms with E-state index in [1.165, 1.54) is 30.0 Å². The van der Waals surface area contributed by atoms with Gasteiger partial charge < -0.3 is 4.42 Å². The van der Waals surface area contributed by atoms with Crippen molar-refractivity contribution >= 4 is 44.4 Å². The van der Waals surface area contributed by atoms with Crippen molar-refractivity contribution in [2.24, 2.45) is 0 Å². The van der Waals surface area contributed by atoms with Crippen molar-refractivity contribution in [1.82, 2.24) is 9.55 Å². The molecule has 0 aliphatic heterocycles. The zero-order chi connectivity index (χ0) is 24.6. The van der Waals surface area contributed by atoms with Crippen LogP contribution in [-0.2, 0) is 12.3 Å². The number of para-hydroxylation sites is 1. The lowest BCUT2D eigenvalue weighted by atomic mass is 10.0. The number of hydrogen-bond donors (Lipinski definition) is 0. The highest BCUT2D eigenvalue weighted by Crippen LogP contribution is 2.31. The van der Waals surface area contributed by atoms with Crippen molar-refractivity contribution in [2.45, 2.75) is 17.5 Å². The van der Waals surface area contributed by atoms with Crippen LogP contribution < -0.4 is 11.2 Å². The minimum absolute atomic E-state index is 0.171. The molecule has 0 fully saturated rings. The van der Waals surface area contributed by atoms with E-state index >= 15 is 0 Å². The predicted octanol–water partition coefficient (Wildman–Crippen LogP) is 6.14. The summed E-state index contributed by atoms with van der Waals surface area (Å²) >= 11 is 1.38. The van der Waals surface area contributed by atoms with Crippen LogP contribution in [0.15, 0.2) is 110 Å². The Labute approximate surface area is 208 Å². The molecule has 0 aliphatic carbocycles. The molecule has 0 bridgehead atoms. The minimum atomic E-state index is -0.427. The number of aromatic nitrogens is 2. The van der Waals surface area contributed by atoms with E-state index in [0.717, 1.165) is 27.3 Å². The number of nitrogens with zero attached hydrogens (tertiary/aromatic N) is 2. The molecule has 0 amide bonds. The standard InChI is InChI=1S/C29H19FN2O3S/c30-21-12-9-18(10-13-21)16-32-28(34)23-7-3-4-8-24(23)31-29(32)36-17-20-15-26(33)35-25-14-11-19-5-1-2-6-22(19)27(20)25/h1-15H,16-17H2. The molecule has 0 N–H and O–H groups in total. The maximum absolute atomic E-state index is 13.5. The highest BCUT2D eigenvalue weighted by atomic mass is 32.2. The van der Waals surface area contributed by atoms with Crippen LogP contribution in [0.2, 0.25) is 0 Å². The number of thioether (sulfide) groups is 1. The van der Waals surface area contributed by atoms with Gasteiger partial charge in [0.15, 0.2) is 5.16 Å². The third kappa shape index (κ3) is 4.07. The Morgan fingerprint density at radius 1 is 0.861 bits per heavy atom. The van der Waals surface area contributed by atoms with Gasteiger partial charge in [-0.25, -0.2) is 14.2 Å².